The lowest BCUT2D eigenvalue weighted by atomic mass is 9.99. The van der Waals surface area contributed by atoms with Crippen LogP contribution in [0.3, 0.4) is 0 Å². The van der Waals surface area contributed by atoms with Crippen LogP contribution < -0.4 is 0 Å². The van der Waals surface area contributed by atoms with Crippen LogP contribution in [0.15, 0.2) is 59.1 Å². The first-order valence-electron chi connectivity index (χ1n) is 6.10. The lowest BCUT2D eigenvalue weighted by molar-refractivity contribution is 0.105. The molecule has 0 saturated heterocycles. The zero-order chi connectivity index (χ0) is 14.4. The van der Waals surface area contributed by atoms with E-state index in [0.717, 1.165) is 15.4 Å². The lowest BCUT2D eigenvalue weighted by Crippen LogP contribution is -2.04. The van der Waals surface area contributed by atoms with Crippen molar-refractivity contribution in [3.63, 3.8) is 0 Å². The molecule has 0 radical (unpaired) electrons. The maximum absolute atomic E-state index is 12.8. The van der Waals surface area contributed by atoms with Gasteiger partial charge in [-0.1, -0.05) is 30.3 Å². The number of benzene rings is 1. The maximum atomic E-state index is 12.8. The average Bonchev–Trinajstić information content (AvgIpc) is 2.53. The largest absolute Gasteiger partial charge is 0.289 e. The van der Waals surface area contributed by atoms with Crippen LogP contribution in [0.4, 0.5) is 0 Å². The summed E-state index contributed by atoms with van der Waals surface area (Å²) in [6, 6.07) is 13.1. The van der Waals surface area contributed by atoms with Gasteiger partial charge in [-0.2, -0.15) is 0 Å². The Hall–Kier alpha value is -1.52. The predicted octanol–water partition coefficient (Wildman–Crippen LogP) is 4.36. The van der Waals surface area contributed by atoms with Crippen LogP contribution >= 0.6 is 23.5 Å². The van der Waals surface area contributed by atoms with Crippen LogP contribution in [0.5, 0.6) is 0 Å². The van der Waals surface area contributed by atoms with Crippen molar-refractivity contribution in [3.8, 4) is 0 Å². The molecule has 1 aromatic heterocycles. The van der Waals surface area contributed by atoms with Crippen LogP contribution in [-0.4, -0.2) is 23.3 Å². The first-order valence-corrected chi connectivity index (χ1v) is 8.55. The summed E-state index contributed by atoms with van der Waals surface area (Å²) in [6.07, 6.45) is 7.41. The van der Waals surface area contributed by atoms with Gasteiger partial charge in [-0.05, 0) is 30.2 Å². The van der Waals surface area contributed by atoms with Crippen LogP contribution in [0.25, 0.3) is 5.57 Å². The number of thioether (sulfide) groups is 2. The van der Waals surface area contributed by atoms with Crippen molar-refractivity contribution in [3.05, 3.63) is 70.2 Å². The Morgan fingerprint density at radius 3 is 2.05 bits per heavy atom. The summed E-state index contributed by atoms with van der Waals surface area (Å²) in [5.74, 6) is 0.0514. The minimum atomic E-state index is 0.0514. The number of carbonyl (C=O) groups excluding carboxylic acids is 1. The molecule has 4 heteroatoms. The fraction of sp³-hybridized carbons (Fsp3) is 0.125. The van der Waals surface area contributed by atoms with Crippen molar-refractivity contribution in [1.82, 2.24) is 4.98 Å². The number of nitrogens with zero attached hydrogens (tertiary/aromatic N) is 1. The van der Waals surface area contributed by atoms with Gasteiger partial charge in [0.25, 0.3) is 0 Å². The van der Waals surface area contributed by atoms with Gasteiger partial charge < -0.3 is 0 Å². The molecular weight excluding hydrogens is 286 g/mol. The van der Waals surface area contributed by atoms with Crippen molar-refractivity contribution in [1.29, 1.82) is 0 Å². The van der Waals surface area contributed by atoms with Crippen molar-refractivity contribution < 1.29 is 4.79 Å². The number of hydrogen-bond donors (Lipinski definition) is 0. The molecular formula is C16H15NOS2. The third kappa shape index (κ3) is 3.32. The molecule has 2 rings (SSSR count). The van der Waals surface area contributed by atoms with E-state index in [2.05, 4.69) is 4.98 Å². The summed E-state index contributed by atoms with van der Waals surface area (Å²) in [5, 5.41) is 0. The van der Waals surface area contributed by atoms with E-state index in [1.54, 1.807) is 35.9 Å². The van der Waals surface area contributed by atoms with E-state index < -0.39 is 0 Å². The van der Waals surface area contributed by atoms with E-state index in [-0.39, 0.29) is 5.78 Å². The molecule has 0 unspecified atom stereocenters. The molecule has 1 aromatic carbocycles. The van der Waals surface area contributed by atoms with Crippen LogP contribution in [0.2, 0.25) is 0 Å². The van der Waals surface area contributed by atoms with E-state index in [1.165, 1.54) is 0 Å². The quantitative estimate of drug-likeness (QED) is 0.606. The van der Waals surface area contributed by atoms with Gasteiger partial charge in [0.2, 0.25) is 0 Å². The molecule has 0 aliphatic rings. The molecule has 0 bridgehead atoms. The molecule has 0 amide bonds. The number of carbonyl (C=O) groups is 1. The summed E-state index contributed by atoms with van der Waals surface area (Å²) in [4.78, 5) is 16.8. The second-order valence-corrected chi connectivity index (χ2v) is 5.89. The maximum Gasteiger partial charge on any atom is 0.195 e. The summed E-state index contributed by atoms with van der Waals surface area (Å²) < 4.78 is 1.02. The van der Waals surface area contributed by atoms with Gasteiger partial charge in [0.1, 0.15) is 0 Å². The Bertz CT molecular complexity index is 603. The molecule has 102 valence electrons. The molecule has 2 nitrogen and oxygen atoms in total. The highest BCUT2D eigenvalue weighted by Gasteiger charge is 2.18. The number of rotatable bonds is 5. The summed E-state index contributed by atoms with van der Waals surface area (Å²) in [5.41, 5.74) is 2.37. The lowest BCUT2D eigenvalue weighted by Gasteiger charge is -2.11. The Labute approximate surface area is 127 Å². The first-order chi connectivity index (χ1) is 9.77. The van der Waals surface area contributed by atoms with Gasteiger partial charge in [0.15, 0.2) is 5.78 Å². The van der Waals surface area contributed by atoms with Crippen LogP contribution in [0.1, 0.15) is 15.9 Å². The monoisotopic (exact) mass is 301 g/mol. The zero-order valence-corrected chi connectivity index (χ0v) is 13.0. The van der Waals surface area contributed by atoms with Crippen molar-refractivity contribution >= 4 is 34.9 Å². The van der Waals surface area contributed by atoms with Crippen LogP contribution in [0, 0.1) is 0 Å². The van der Waals surface area contributed by atoms with Gasteiger partial charge in [0, 0.05) is 23.5 Å². The Balaban J connectivity index is 2.54. The highest BCUT2D eigenvalue weighted by atomic mass is 32.2. The fourth-order valence-electron chi connectivity index (χ4n) is 1.88. The van der Waals surface area contributed by atoms with Crippen molar-refractivity contribution in [2.45, 2.75) is 0 Å². The smallest absolute Gasteiger partial charge is 0.195 e. The van der Waals surface area contributed by atoms with E-state index in [0.29, 0.717) is 5.56 Å². The predicted molar refractivity (Wildman–Crippen MR) is 89.0 cm³/mol. The average molecular weight is 301 g/mol. The third-order valence-electron chi connectivity index (χ3n) is 2.81. The summed E-state index contributed by atoms with van der Waals surface area (Å²) >= 11 is 3.19. The first kappa shape index (κ1) is 14.9. The minimum Gasteiger partial charge on any atom is -0.289 e. The Morgan fingerprint density at radius 1 is 0.900 bits per heavy atom. The number of allylic oxidation sites excluding steroid dienone is 1. The standard InChI is InChI=1S/C16H15NOS2/c1-19-16(20-2)14(12-8-10-17-11-9-12)15(18)13-6-4-3-5-7-13/h3-11H,1-2H3. The number of Topliss-reactive ketones (excluding diaryl/α,β-unsaturated/α-hetero) is 1. The van der Waals surface area contributed by atoms with E-state index in [1.807, 2.05) is 55.0 Å². The molecule has 0 atom stereocenters. The highest BCUT2D eigenvalue weighted by molar-refractivity contribution is 8.22. The van der Waals surface area contributed by atoms with Gasteiger partial charge in [-0.3, -0.25) is 9.78 Å². The molecule has 0 spiro atoms. The molecule has 0 aliphatic carbocycles. The molecule has 0 saturated carbocycles. The Morgan fingerprint density at radius 2 is 1.50 bits per heavy atom. The fourth-order valence-corrected chi connectivity index (χ4v) is 3.38. The molecule has 0 fully saturated rings. The number of ketones is 1. The highest BCUT2D eigenvalue weighted by Crippen LogP contribution is 2.34. The van der Waals surface area contributed by atoms with E-state index >= 15 is 0 Å². The molecule has 0 aliphatic heterocycles. The van der Waals surface area contributed by atoms with Crippen LogP contribution in [-0.2, 0) is 0 Å². The van der Waals surface area contributed by atoms with E-state index in [4.69, 9.17) is 0 Å². The Kier molecular flexibility index (Phi) is 5.44. The summed E-state index contributed by atoms with van der Waals surface area (Å²) in [7, 11) is 0. The zero-order valence-electron chi connectivity index (χ0n) is 11.4. The SMILES string of the molecule is CSC(SC)=C(C(=O)c1ccccc1)c1ccncc1. The van der Waals surface area contributed by atoms with Crippen molar-refractivity contribution in [2.24, 2.45) is 0 Å². The number of pyridine rings is 1. The van der Waals surface area contributed by atoms with E-state index in [9.17, 15) is 4.79 Å². The van der Waals surface area contributed by atoms with Crippen molar-refractivity contribution in [2.75, 3.05) is 12.5 Å². The normalized spacial score (nSPS) is 10.1. The number of aromatic nitrogens is 1. The van der Waals surface area contributed by atoms with Gasteiger partial charge in [-0.25, -0.2) is 0 Å². The topological polar surface area (TPSA) is 30.0 Å². The second-order valence-electron chi connectivity index (χ2n) is 4.00. The minimum absolute atomic E-state index is 0.0514. The third-order valence-corrected chi connectivity index (χ3v) is 4.96. The summed E-state index contributed by atoms with van der Waals surface area (Å²) in [6.45, 7) is 0. The second kappa shape index (κ2) is 7.31. The van der Waals surface area contributed by atoms with Gasteiger partial charge in [0.05, 0.1) is 4.24 Å². The molecule has 0 N–H and O–H groups in total. The van der Waals surface area contributed by atoms with Gasteiger partial charge in [-0.15, -0.1) is 23.5 Å². The molecule has 2 aromatic rings. The molecule has 1 heterocycles. The van der Waals surface area contributed by atoms with Gasteiger partial charge >= 0.3 is 0 Å². The molecule has 20 heavy (non-hydrogen) atoms. The number of hydrogen-bond acceptors (Lipinski definition) is 4.